The first-order chi connectivity index (χ1) is 14.5. The number of anilines is 1. The maximum atomic E-state index is 13.6. The van der Waals surface area contributed by atoms with Crippen molar-refractivity contribution in [1.29, 1.82) is 0 Å². The van der Waals surface area contributed by atoms with Gasteiger partial charge in [-0.15, -0.1) is 0 Å². The second kappa shape index (κ2) is 7.99. The lowest BCUT2D eigenvalue weighted by Gasteiger charge is -2.22. The number of imide groups is 1. The summed E-state index contributed by atoms with van der Waals surface area (Å²) in [5, 5.41) is 0. The molecule has 30 heavy (non-hydrogen) atoms. The summed E-state index contributed by atoms with van der Waals surface area (Å²) in [6.45, 7) is 4.46. The summed E-state index contributed by atoms with van der Waals surface area (Å²) in [5.41, 5.74) is 5.31. The Morgan fingerprint density at radius 3 is 2.07 bits per heavy atom. The van der Waals surface area contributed by atoms with E-state index in [4.69, 9.17) is 0 Å². The van der Waals surface area contributed by atoms with Gasteiger partial charge in [-0.1, -0.05) is 78.4 Å². The number of aryl methyl sites for hydroxylation is 2. The highest BCUT2D eigenvalue weighted by Crippen LogP contribution is 2.36. The molecule has 3 aromatic rings. The van der Waals surface area contributed by atoms with Gasteiger partial charge in [-0.05, 0) is 36.6 Å². The van der Waals surface area contributed by atoms with Gasteiger partial charge in [0.15, 0.2) is 0 Å². The molecule has 4 nitrogen and oxygen atoms in total. The van der Waals surface area contributed by atoms with Crippen molar-refractivity contribution in [3.8, 4) is 0 Å². The maximum Gasteiger partial charge on any atom is 0.282 e. The molecule has 0 fully saturated rings. The van der Waals surface area contributed by atoms with E-state index in [0.717, 1.165) is 22.3 Å². The minimum atomic E-state index is -0.288. The molecule has 2 amide bonds. The Labute approximate surface area is 177 Å². The summed E-state index contributed by atoms with van der Waals surface area (Å²) >= 11 is 0. The van der Waals surface area contributed by atoms with Gasteiger partial charge >= 0.3 is 0 Å². The number of nitrogens with zero attached hydrogens (tertiary/aromatic N) is 2. The number of hydrogen-bond acceptors (Lipinski definition) is 3. The van der Waals surface area contributed by atoms with Gasteiger partial charge in [0.2, 0.25) is 0 Å². The second-order valence-electron chi connectivity index (χ2n) is 7.67. The monoisotopic (exact) mass is 396 g/mol. The predicted octanol–water partition coefficient (Wildman–Crippen LogP) is 4.72. The molecule has 0 N–H and O–H groups in total. The van der Waals surface area contributed by atoms with Gasteiger partial charge in [0.05, 0.1) is 11.3 Å². The summed E-state index contributed by atoms with van der Waals surface area (Å²) < 4.78 is 0. The van der Waals surface area contributed by atoms with E-state index in [2.05, 4.69) is 0 Å². The molecular weight excluding hydrogens is 372 g/mol. The van der Waals surface area contributed by atoms with E-state index in [0.29, 0.717) is 23.5 Å². The first-order valence-electron chi connectivity index (χ1n) is 9.98. The predicted molar refractivity (Wildman–Crippen MR) is 120 cm³/mol. The van der Waals surface area contributed by atoms with Crippen LogP contribution in [-0.2, 0) is 16.1 Å². The van der Waals surface area contributed by atoms with Crippen LogP contribution in [0.1, 0.15) is 22.3 Å². The maximum absolute atomic E-state index is 13.6. The van der Waals surface area contributed by atoms with E-state index in [1.807, 2.05) is 105 Å². The summed E-state index contributed by atoms with van der Waals surface area (Å²) in [5.74, 6) is -0.572. The van der Waals surface area contributed by atoms with E-state index >= 15 is 0 Å². The van der Waals surface area contributed by atoms with Crippen molar-refractivity contribution in [2.75, 3.05) is 11.9 Å². The Kier molecular flexibility index (Phi) is 5.23. The van der Waals surface area contributed by atoms with Crippen LogP contribution in [0.2, 0.25) is 0 Å². The molecule has 150 valence electrons. The van der Waals surface area contributed by atoms with Gasteiger partial charge in [0, 0.05) is 13.6 Å². The van der Waals surface area contributed by atoms with Crippen molar-refractivity contribution in [2.45, 2.75) is 20.4 Å². The fourth-order valence-electron chi connectivity index (χ4n) is 3.95. The van der Waals surface area contributed by atoms with E-state index in [1.54, 1.807) is 0 Å². The van der Waals surface area contributed by atoms with Crippen molar-refractivity contribution in [1.82, 2.24) is 4.90 Å². The molecule has 0 radical (unpaired) electrons. The fraction of sp³-hybridized carbons (Fsp3) is 0.154. The number of carbonyl (C=O) groups excluding carboxylic acids is 2. The van der Waals surface area contributed by atoms with Gasteiger partial charge in [-0.2, -0.15) is 0 Å². The Balaban J connectivity index is 1.81. The molecular formula is C26H24N2O2. The molecule has 0 atom stereocenters. The van der Waals surface area contributed by atoms with Crippen LogP contribution in [0, 0.1) is 13.8 Å². The normalized spacial score (nSPS) is 13.9. The lowest BCUT2D eigenvalue weighted by Crippen LogP contribution is -2.34. The minimum Gasteiger partial charge on any atom is -0.365 e. The van der Waals surface area contributed by atoms with Crippen LogP contribution in [0.25, 0.3) is 5.57 Å². The largest absolute Gasteiger partial charge is 0.365 e. The molecule has 4 rings (SSSR count). The fourth-order valence-corrected chi connectivity index (χ4v) is 3.95. The van der Waals surface area contributed by atoms with Gasteiger partial charge < -0.3 is 4.90 Å². The van der Waals surface area contributed by atoms with Crippen LogP contribution in [0.3, 0.4) is 0 Å². The van der Waals surface area contributed by atoms with E-state index in [9.17, 15) is 9.59 Å². The second-order valence-corrected chi connectivity index (χ2v) is 7.67. The molecule has 0 aliphatic carbocycles. The third kappa shape index (κ3) is 3.52. The van der Waals surface area contributed by atoms with E-state index < -0.39 is 0 Å². The number of benzene rings is 3. The van der Waals surface area contributed by atoms with Crippen molar-refractivity contribution < 1.29 is 9.59 Å². The summed E-state index contributed by atoms with van der Waals surface area (Å²) in [6.07, 6.45) is 0. The molecule has 0 bridgehead atoms. The quantitative estimate of drug-likeness (QED) is 0.586. The minimum absolute atomic E-state index is 0.284. The molecule has 1 aliphatic rings. The van der Waals surface area contributed by atoms with Crippen LogP contribution in [0.15, 0.2) is 84.6 Å². The van der Waals surface area contributed by atoms with Crippen LogP contribution < -0.4 is 4.90 Å². The smallest absolute Gasteiger partial charge is 0.282 e. The summed E-state index contributed by atoms with van der Waals surface area (Å²) in [6, 6.07) is 25.1. The molecule has 1 heterocycles. The molecule has 0 unspecified atom stereocenters. The third-order valence-electron chi connectivity index (χ3n) is 5.36. The van der Waals surface area contributed by atoms with Crippen molar-refractivity contribution in [3.63, 3.8) is 0 Å². The number of likely N-dealkylation sites (N-methyl/N-ethyl adjacent to an activating group) is 1. The van der Waals surface area contributed by atoms with Crippen LogP contribution >= 0.6 is 0 Å². The zero-order valence-electron chi connectivity index (χ0n) is 17.4. The summed E-state index contributed by atoms with van der Waals surface area (Å²) in [7, 11) is 1.86. The summed E-state index contributed by atoms with van der Waals surface area (Å²) in [4.78, 5) is 30.3. The molecule has 4 heteroatoms. The average Bonchev–Trinajstić information content (AvgIpc) is 3.00. The molecule has 3 aromatic carbocycles. The van der Waals surface area contributed by atoms with Crippen LogP contribution in [-0.4, -0.2) is 23.8 Å². The molecule has 0 spiro atoms. The van der Waals surface area contributed by atoms with Crippen LogP contribution in [0.5, 0.6) is 0 Å². The number of amides is 2. The Hall–Kier alpha value is -3.66. The van der Waals surface area contributed by atoms with E-state index in [-0.39, 0.29) is 11.8 Å². The average molecular weight is 396 g/mol. The zero-order chi connectivity index (χ0) is 21.3. The van der Waals surface area contributed by atoms with E-state index in [1.165, 1.54) is 4.90 Å². The zero-order valence-corrected chi connectivity index (χ0v) is 17.4. The van der Waals surface area contributed by atoms with Gasteiger partial charge in [-0.3, -0.25) is 9.59 Å². The van der Waals surface area contributed by atoms with Gasteiger partial charge in [-0.25, -0.2) is 4.90 Å². The molecule has 0 aromatic heterocycles. The van der Waals surface area contributed by atoms with Crippen molar-refractivity contribution in [2.24, 2.45) is 0 Å². The SMILES string of the molecule is Cc1ccc(N2C(=O)C(c3ccccc3)=C(N(C)Cc3ccccc3)C2=O)c(C)c1. The number of carbonyl (C=O) groups is 2. The number of rotatable bonds is 5. The molecule has 1 aliphatic heterocycles. The van der Waals surface area contributed by atoms with Crippen LogP contribution in [0.4, 0.5) is 5.69 Å². The first kappa shape index (κ1) is 19.6. The molecule has 0 saturated heterocycles. The number of hydrogen-bond donors (Lipinski definition) is 0. The standard InChI is InChI=1S/C26H24N2O2/c1-18-14-15-22(19(2)16-18)28-25(29)23(21-12-8-5-9-13-21)24(26(28)30)27(3)17-20-10-6-4-7-11-20/h4-16H,17H2,1-3H3. The highest BCUT2D eigenvalue weighted by Gasteiger charge is 2.42. The highest BCUT2D eigenvalue weighted by atomic mass is 16.2. The van der Waals surface area contributed by atoms with Crippen molar-refractivity contribution >= 4 is 23.1 Å². The Bertz CT molecular complexity index is 1130. The topological polar surface area (TPSA) is 40.6 Å². The lowest BCUT2D eigenvalue weighted by atomic mass is 10.0. The first-order valence-corrected chi connectivity index (χ1v) is 9.98. The van der Waals surface area contributed by atoms with Gasteiger partial charge in [0.25, 0.3) is 11.8 Å². The molecule has 0 saturated carbocycles. The van der Waals surface area contributed by atoms with Gasteiger partial charge in [0.1, 0.15) is 5.70 Å². The highest BCUT2D eigenvalue weighted by molar-refractivity contribution is 6.45. The Morgan fingerprint density at radius 2 is 1.43 bits per heavy atom. The Morgan fingerprint density at radius 1 is 0.800 bits per heavy atom. The third-order valence-corrected chi connectivity index (χ3v) is 5.36. The lowest BCUT2D eigenvalue weighted by molar-refractivity contribution is -0.120. The van der Waals surface area contributed by atoms with Crippen molar-refractivity contribution in [3.05, 3.63) is 107 Å².